The molecule has 1 aliphatic carbocycles. The molecule has 0 spiro atoms. The van der Waals surface area contributed by atoms with Gasteiger partial charge in [0.15, 0.2) is 0 Å². The maximum absolute atomic E-state index is 9.98. The van der Waals surface area contributed by atoms with Crippen molar-refractivity contribution in [3.05, 3.63) is 78.3 Å². The first-order valence-electron chi connectivity index (χ1n) is 8.44. The first-order chi connectivity index (χ1) is 11.8. The minimum atomic E-state index is -0.0741. The Morgan fingerprint density at radius 1 is 0.750 bits per heavy atom. The Morgan fingerprint density at radius 3 is 2.38 bits per heavy atom. The number of fused-ring (bicyclic) bond motifs is 5. The van der Waals surface area contributed by atoms with Crippen LogP contribution in [0, 0.1) is 0 Å². The van der Waals surface area contributed by atoms with Gasteiger partial charge >= 0.3 is 0 Å². The van der Waals surface area contributed by atoms with Crippen molar-refractivity contribution in [2.24, 2.45) is 0 Å². The minimum Gasteiger partial charge on any atom is -0.468 e. The van der Waals surface area contributed by atoms with E-state index in [0.717, 1.165) is 6.26 Å². The smallest absolute Gasteiger partial charge is 0.216 e. The molecule has 1 aliphatic rings. The van der Waals surface area contributed by atoms with E-state index in [1.54, 1.807) is 11.1 Å². The lowest BCUT2D eigenvalue weighted by molar-refractivity contribution is 0.348. The molecular formula is C22H19O2. The zero-order chi connectivity index (χ0) is 16.4. The molecule has 0 atom stereocenters. The van der Waals surface area contributed by atoms with E-state index in [1.165, 1.54) is 59.6 Å². The molecule has 119 valence electrons. The first-order valence-corrected chi connectivity index (χ1v) is 8.44. The molecular weight excluding hydrogens is 296 g/mol. The summed E-state index contributed by atoms with van der Waals surface area (Å²) in [5.41, 5.74) is 3.17. The molecule has 0 aliphatic heterocycles. The maximum Gasteiger partial charge on any atom is 0.216 e. The molecule has 24 heavy (non-hydrogen) atoms. The van der Waals surface area contributed by atoms with Gasteiger partial charge < -0.3 is 4.42 Å². The molecule has 3 aromatic carbocycles. The fourth-order valence-electron chi connectivity index (χ4n) is 3.59. The molecule has 0 saturated carbocycles. The summed E-state index contributed by atoms with van der Waals surface area (Å²) < 4.78 is 4.40. The summed E-state index contributed by atoms with van der Waals surface area (Å²) in [4.78, 5) is 0. The van der Waals surface area contributed by atoms with Crippen molar-refractivity contribution in [2.45, 2.75) is 25.7 Å². The summed E-state index contributed by atoms with van der Waals surface area (Å²) in [6.07, 6.45) is 7.72. The monoisotopic (exact) mass is 315 g/mol. The minimum absolute atomic E-state index is 0.0741. The molecule has 1 aromatic heterocycles. The lowest BCUT2D eigenvalue weighted by atomic mass is 9.86. The normalized spacial score (nSPS) is 13.3. The van der Waals surface area contributed by atoms with Crippen LogP contribution in [0.1, 0.15) is 24.0 Å². The van der Waals surface area contributed by atoms with Crippen molar-refractivity contribution in [3.8, 4) is 5.75 Å². The molecule has 2 heteroatoms. The molecule has 4 aromatic rings. The van der Waals surface area contributed by atoms with Crippen LogP contribution in [0.25, 0.3) is 21.5 Å². The van der Waals surface area contributed by atoms with Crippen LogP contribution in [0.5, 0.6) is 5.75 Å². The topological polar surface area (TPSA) is 33.0 Å². The van der Waals surface area contributed by atoms with Crippen LogP contribution in [0.3, 0.4) is 0 Å². The lowest BCUT2D eigenvalue weighted by Gasteiger charge is -2.18. The largest absolute Gasteiger partial charge is 0.468 e. The van der Waals surface area contributed by atoms with Gasteiger partial charge in [-0.2, -0.15) is 0 Å². The van der Waals surface area contributed by atoms with E-state index in [4.69, 9.17) is 0 Å². The summed E-state index contributed by atoms with van der Waals surface area (Å²) in [6.45, 7) is 0. The highest BCUT2D eigenvalue weighted by Crippen LogP contribution is 2.33. The SMILES string of the molecule is [O]c1ccoc1.c1ccc2c(c1)ccc1c3c(ccc12)CCCC3. The molecule has 2 nitrogen and oxygen atoms in total. The molecule has 0 saturated heterocycles. The van der Waals surface area contributed by atoms with Gasteiger partial charge in [-0.1, -0.05) is 48.5 Å². The van der Waals surface area contributed by atoms with E-state index in [-0.39, 0.29) is 5.75 Å². The van der Waals surface area contributed by atoms with Crippen molar-refractivity contribution in [1.29, 1.82) is 0 Å². The van der Waals surface area contributed by atoms with Crippen LogP contribution in [0.4, 0.5) is 0 Å². The van der Waals surface area contributed by atoms with Crippen LogP contribution >= 0.6 is 0 Å². The molecule has 0 N–H and O–H groups in total. The predicted molar refractivity (Wildman–Crippen MR) is 96.9 cm³/mol. The van der Waals surface area contributed by atoms with E-state index < -0.39 is 0 Å². The summed E-state index contributed by atoms with van der Waals surface area (Å²) in [5, 5.41) is 15.6. The molecule has 1 heterocycles. The lowest BCUT2D eigenvalue weighted by Crippen LogP contribution is -2.02. The second-order valence-electron chi connectivity index (χ2n) is 6.25. The molecule has 1 radical (unpaired) electrons. The molecule has 5 rings (SSSR count). The van der Waals surface area contributed by atoms with Gasteiger partial charge in [0.05, 0.1) is 6.26 Å². The zero-order valence-electron chi connectivity index (χ0n) is 13.5. The van der Waals surface area contributed by atoms with E-state index in [1.807, 2.05) is 0 Å². The highest BCUT2D eigenvalue weighted by Gasteiger charge is 2.13. The standard InChI is InChI=1S/C18H16.C4H3O2/c1-3-7-15-13(5-1)9-11-18-16-8-4-2-6-14(16)10-12-17(15)18;5-4-1-2-6-3-4/h1,3,5,7,9-12H,2,4,6,8H2;1-3H. The van der Waals surface area contributed by atoms with Gasteiger partial charge in [-0.05, 0) is 58.4 Å². The van der Waals surface area contributed by atoms with Gasteiger partial charge in [0, 0.05) is 6.07 Å². The Balaban J connectivity index is 0.000000207. The number of aryl methyl sites for hydroxylation is 2. The highest BCUT2D eigenvalue weighted by atomic mass is 16.3. The number of furan rings is 1. The second-order valence-corrected chi connectivity index (χ2v) is 6.25. The van der Waals surface area contributed by atoms with Crippen LogP contribution in [0.2, 0.25) is 0 Å². The highest BCUT2D eigenvalue weighted by molar-refractivity contribution is 6.08. The Hall–Kier alpha value is -2.74. The predicted octanol–water partition coefficient (Wildman–Crippen LogP) is 6.30. The van der Waals surface area contributed by atoms with Crippen molar-refractivity contribution < 1.29 is 9.52 Å². The van der Waals surface area contributed by atoms with Crippen molar-refractivity contribution >= 4 is 21.5 Å². The van der Waals surface area contributed by atoms with Crippen LogP contribution in [-0.2, 0) is 17.9 Å². The number of hydrogen-bond acceptors (Lipinski definition) is 1. The van der Waals surface area contributed by atoms with E-state index >= 15 is 0 Å². The van der Waals surface area contributed by atoms with Gasteiger partial charge in [-0.15, -0.1) is 0 Å². The summed E-state index contributed by atoms with van der Waals surface area (Å²) in [7, 11) is 0. The van der Waals surface area contributed by atoms with Crippen molar-refractivity contribution in [2.75, 3.05) is 0 Å². The Kier molecular flexibility index (Phi) is 3.96. The Labute approximate surface area is 141 Å². The third kappa shape index (κ3) is 2.76. The van der Waals surface area contributed by atoms with Crippen LogP contribution < -0.4 is 0 Å². The Morgan fingerprint density at radius 2 is 1.58 bits per heavy atom. The average Bonchev–Trinajstić information content (AvgIpc) is 3.12. The first kappa shape index (κ1) is 14.8. The fraction of sp³-hybridized carbons (Fsp3) is 0.182. The quantitative estimate of drug-likeness (QED) is 0.351. The zero-order valence-corrected chi connectivity index (χ0v) is 13.5. The molecule has 0 fully saturated rings. The number of hydrogen-bond donors (Lipinski definition) is 0. The van der Waals surface area contributed by atoms with Gasteiger partial charge in [-0.25, -0.2) is 0 Å². The molecule has 0 amide bonds. The molecule has 0 unspecified atom stereocenters. The molecule has 0 bridgehead atoms. The van der Waals surface area contributed by atoms with Gasteiger partial charge in [0.25, 0.3) is 0 Å². The third-order valence-electron chi connectivity index (χ3n) is 4.75. The van der Waals surface area contributed by atoms with Crippen molar-refractivity contribution in [1.82, 2.24) is 0 Å². The van der Waals surface area contributed by atoms with Gasteiger partial charge in [-0.3, -0.25) is 5.11 Å². The van der Waals surface area contributed by atoms with Gasteiger partial charge in [0.2, 0.25) is 5.75 Å². The fourth-order valence-corrected chi connectivity index (χ4v) is 3.59. The van der Waals surface area contributed by atoms with Gasteiger partial charge in [0.1, 0.15) is 6.26 Å². The second kappa shape index (κ2) is 6.40. The summed E-state index contributed by atoms with van der Waals surface area (Å²) in [6, 6.07) is 19.3. The van der Waals surface area contributed by atoms with Crippen LogP contribution in [0.15, 0.2) is 71.5 Å². The number of rotatable bonds is 0. The van der Waals surface area contributed by atoms with Crippen LogP contribution in [-0.4, -0.2) is 0 Å². The number of benzene rings is 3. The summed E-state index contributed by atoms with van der Waals surface area (Å²) in [5.74, 6) is -0.0741. The third-order valence-corrected chi connectivity index (χ3v) is 4.75. The van der Waals surface area contributed by atoms with E-state index in [0.29, 0.717) is 0 Å². The summed E-state index contributed by atoms with van der Waals surface area (Å²) >= 11 is 0. The van der Waals surface area contributed by atoms with Crippen molar-refractivity contribution in [3.63, 3.8) is 0 Å². The average molecular weight is 315 g/mol. The maximum atomic E-state index is 9.98. The Bertz CT molecular complexity index is 968. The van der Waals surface area contributed by atoms with E-state index in [9.17, 15) is 5.11 Å². The van der Waals surface area contributed by atoms with E-state index in [2.05, 4.69) is 52.9 Å².